The molecule has 0 fully saturated rings. The van der Waals surface area contributed by atoms with E-state index in [4.69, 9.17) is 13.6 Å². The SMILES string of the molecule is COC(=O)Nc1nc2ccc(C(=O)c3ccc(F)cc3)cc2n1COP(=O)(OC(C)(C)C)OC(C)(C)C. The fraction of sp³-hybridized carbons (Fsp3) is 0.400. The van der Waals surface area contributed by atoms with Crippen molar-refractivity contribution in [3.8, 4) is 0 Å². The average molecular weight is 536 g/mol. The number of halogens is 1. The van der Waals surface area contributed by atoms with E-state index in [1.54, 1.807) is 59.7 Å². The Morgan fingerprint density at radius 2 is 1.54 bits per heavy atom. The maximum atomic E-state index is 13.6. The molecular formula is C25H31FN3O7P. The highest BCUT2D eigenvalue weighted by Gasteiger charge is 2.37. The molecule has 200 valence electrons. The Morgan fingerprint density at radius 1 is 0.973 bits per heavy atom. The molecule has 0 aliphatic heterocycles. The second kappa shape index (κ2) is 10.7. The Hall–Kier alpha value is -3.11. The Labute approximate surface area is 214 Å². The van der Waals surface area contributed by atoms with Crippen molar-refractivity contribution in [3.63, 3.8) is 0 Å². The number of ketones is 1. The van der Waals surface area contributed by atoms with Crippen LogP contribution >= 0.6 is 7.82 Å². The van der Waals surface area contributed by atoms with Crippen molar-refractivity contribution >= 4 is 36.7 Å². The Morgan fingerprint density at radius 3 is 2.08 bits per heavy atom. The van der Waals surface area contributed by atoms with E-state index in [-0.39, 0.29) is 22.9 Å². The number of phosphoric ester groups is 1. The molecule has 1 amide bonds. The van der Waals surface area contributed by atoms with E-state index < -0.39 is 37.7 Å². The molecule has 3 rings (SSSR count). The van der Waals surface area contributed by atoms with Crippen LogP contribution in [0.25, 0.3) is 11.0 Å². The van der Waals surface area contributed by atoms with Crippen molar-refractivity contribution in [2.45, 2.75) is 59.5 Å². The van der Waals surface area contributed by atoms with Crippen LogP contribution in [-0.2, 0) is 29.6 Å². The molecule has 1 aromatic heterocycles. The van der Waals surface area contributed by atoms with Gasteiger partial charge in [0.05, 0.1) is 29.3 Å². The maximum absolute atomic E-state index is 13.6. The lowest BCUT2D eigenvalue weighted by molar-refractivity contribution is -0.00544. The molecule has 3 aromatic rings. The first-order valence-corrected chi connectivity index (χ1v) is 12.9. The number of carbonyl (C=O) groups excluding carboxylic acids is 2. The molecule has 0 aliphatic rings. The van der Waals surface area contributed by atoms with Crippen molar-refractivity contribution in [2.75, 3.05) is 12.4 Å². The number of hydrogen-bond acceptors (Lipinski definition) is 8. The van der Waals surface area contributed by atoms with Gasteiger partial charge in [0.1, 0.15) is 12.5 Å². The molecule has 0 atom stereocenters. The number of anilines is 1. The quantitative estimate of drug-likeness (QED) is 0.264. The number of nitrogens with zero attached hydrogens (tertiary/aromatic N) is 2. The molecule has 2 aromatic carbocycles. The number of phosphoric acid groups is 1. The number of rotatable bonds is 8. The third kappa shape index (κ3) is 7.69. The molecule has 37 heavy (non-hydrogen) atoms. The Kier molecular flexibility index (Phi) is 8.24. The zero-order chi connectivity index (χ0) is 27.6. The van der Waals surface area contributed by atoms with Gasteiger partial charge in [0.25, 0.3) is 0 Å². The highest BCUT2D eigenvalue weighted by Crippen LogP contribution is 2.55. The zero-order valence-corrected chi connectivity index (χ0v) is 22.7. The fourth-order valence-corrected chi connectivity index (χ4v) is 5.01. The summed E-state index contributed by atoms with van der Waals surface area (Å²) in [6.07, 6.45) is -0.792. The van der Waals surface area contributed by atoms with Crippen LogP contribution in [0.2, 0.25) is 0 Å². The van der Waals surface area contributed by atoms with Crippen molar-refractivity contribution in [1.29, 1.82) is 0 Å². The van der Waals surface area contributed by atoms with Gasteiger partial charge in [-0.1, -0.05) is 0 Å². The van der Waals surface area contributed by atoms with Gasteiger partial charge in [0.2, 0.25) is 5.95 Å². The average Bonchev–Trinajstić information content (AvgIpc) is 3.11. The predicted molar refractivity (Wildman–Crippen MR) is 136 cm³/mol. The summed E-state index contributed by atoms with van der Waals surface area (Å²) in [5.41, 5.74) is -0.354. The van der Waals surface area contributed by atoms with E-state index in [0.29, 0.717) is 11.0 Å². The van der Waals surface area contributed by atoms with E-state index in [9.17, 15) is 18.5 Å². The van der Waals surface area contributed by atoms with Crippen LogP contribution < -0.4 is 5.32 Å². The number of amides is 1. The number of imidazole rings is 1. The Balaban J connectivity index is 2.04. The molecule has 0 saturated carbocycles. The van der Waals surface area contributed by atoms with E-state index in [2.05, 4.69) is 15.0 Å². The van der Waals surface area contributed by atoms with Gasteiger partial charge in [0.15, 0.2) is 5.78 Å². The maximum Gasteiger partial charge on any atom is 0.477 e. The topological polar surface area (TPSA) is 118 Å². The monoisotopic (exact) mass is 535 g/mol. The summed E-state index contributed by atoms with van der Waals surface area (Å²) in [5.74, 6) is -0.790. The largest absolute Gasteiger partial charge is 0.477 e. The summed E-state index contributed by atoms with van der Waals surface area (Å²) >= 11 is 0. The van der Waals surface area contributed by atoms with Gasteiger partial charge in [0, 0.05) is 11.1 Å². The van der Waals surface area contributed by atoms with Crippen LogP contribution in [0.4, 0.5) is 15.1 Å². The van der Waals surface area contributed by atoms with E-state index in [1.807, 2.05) is 0 Å². The normalized spacial score (nSPS) is 12.5. The van der Waals surface area contributed by atoms with Crippen molar-refractivity contribution in [1.82, 2.24) is 9.55 Å². The number of fused-ring (bicyclic) bond motifs is 1. The summed E-state index contributed by atoms with van der Waals surface area (Å²) in [6.45, 7) is 9.84. The highest BCUT2D eigenvalue weighted by atomic mass is 31.2. The van der Waals surface area contributed by atoms with Gasteiger partial charge < -0.3 is 4.74 Å². The molecule has 0 bridgehead atoms. The number of nitrogens with one attached hydrogen (secondary N) is 1. The summed E-state index contributed by atoms with van der Waals surface area (Å²) in [4.78, 5) is 29.3. The van der Waals surface area contributed by atoms with Crippen LogP contribution in [0.15, 0.2) is 42.5 Å². The minimum absolute atomic E-state index is 0.0197. The molecule has 1 N–H and O–H groups in total. The lowest BCUT2D eigenvalue weighted by Gasteiger charge is -2.31. The standard InChI is InChI=1S/C25H31FN3O7P/c1-24(2,3)35-37(32,36-25(4,5)6)34-15-29-20-14-17(21(30)16-8-11-18(26)12-9-16)10-13-19(20)27-22(29)28-23(31)33-7/h8-14H,15H2,1-7H3,(H,27,28,31). The summed E-state index contributed by atoms with van der Waals surface area (Å²) in [7, 11) is -2.93. The lowest BCUT2D eigenvalue weighted by atomic mass is 10.0. The number of methoxy groups -OCH3 is 1. The first-order chi connectivity index (χ1) is 17.1. The van der Waals surface area contributed by atoms with Crippen molar-refractivity contribution in [3.05, 3.63) is 59.4 Å². The second-order valence-electron chi connectivity index (χ2n) is 10.1. The third-order valence-corrected chi connectivity index (χ3v) is 6.61. The second-order valence-corrected chi connectivity index (χ2v) is 11.7. The summed E-state index contributed by atoms with van der Waals surface area (Å²) in [6, 6.07) is 9.85. The van der Waals surface area contributed by atoms with E-state index in [1.165, 1.54) is 35.9 Å². The van der Waals surface area contributed by atoms with Gasteiger partial charge in [-0.25, -0.2) is 18.7 Å². The Bertz CT molecular complexity index is 1320. The van der Waals surface area contributed by atoms with Crippen LogP contribution in [0, 0.1) is 5.82 Å². The predicted octanol–water partition coefficient (Wildman–Crippen LogP) is 6.30. The van der Waals surface area contributed by atoms with Crippen LogP contribution in [0.1, 0.15) is 57.5 Å². The fourth-order valence-electron chi connectivity index (χ4n) is 3.27. The third-order valence-electron chi connectivity index (χ3n) is 4.63. The minimum atomic E-state index is -4.12. The number of ether oxygens (including phenoxy) is 1. The molecule has 0 saturated heterocycles. The van der Waals surface area contributed by atoms with Gasteiger partial charge in [-0.15, -0.1) is 0 Å². The number of hydrogen-bond donors (Lipinski definition) is 1. The van der Waals surface area contributed by atoms with Crippen LogP contribution in [-0.4, -0.2) is 39.7 Å². The molecule has 0 unspecified atom stereocenters. The molecule has 0 spiro atoms. The van der Waals surface area contributed by atoms with Gasteiger partial charge in [-0.2, -0.15) is 0 Å². The minimum Gasteiger partial charge on any atom is -0.453 e. The number of carbonyl (C=O) groups is 2. The first kappa shape index (κ1) is 28.5. The van der Waals surface area contributed by atoms with Crippen LogP contribution in [0.5, 0.6) is 0 Å². The van der Waals surface area contributed by atoms with E-state index >= 15 is 0 Å². The highest BCUT2D eigenvalue weighted by molar-refractivity contribution is 7.48. The molecule has 10 nitrogen and oxygen atoms in total. The zero-order valence-electron chi connectivity index (χ0n) is 21.8. The first-order valence-electron chi connectivity index (χ1n) is 11.4. The molecule has 1 heterocycles. The van der Waals surface area contributed by atoms with Gasteiger partial charge in [-0.05, 0) is 84.0 Å². The molecule has 0 aliphatic carbocycles. The van der Waals surface area contributed by atoms with E-state index in [0.717, 1.165) is 0 Å². The molecular weight excluding hydrogens is 504 g/mol. The van der Waals surface area contributed by atoms with Crippen LogP contribution in [0.3, 0.4) is 0 Å². The number of benzene rings is 2. The van der Waals surface area contributed by atoms with Crippen molar-refractivity contribution in [2.24, 2.45) is 0 Å². The van der Waals surface area contributed by atoms with Gasteiger partial charge >= 0.3 is 13.9 Å². The summed E-state index contributed by atoms with van der Waals surface area (Å²) < 4.78 is 50.0. The molecule has 12 heteroatoms. The smallest absolute Gasteiger partial charge is 0.453 e. The lowest BCUT2D eigenvalue weighted by Crippen LogP contribution is -2.25. The van der Waals surface area contributed by atoms with Gasteiger partial charge in [-0.3, -0.25) is 28.2 Å². The molecule has 0 radical (unpaired) electrons. The van der Waals surface area contributed by atoms with Crippen molar-refractivity contribution < 1.29 is 36.9 Å². The summed E-state index contributed by atoms with van der Waals surface area (Å²) in [5, 5.41) is 2.48. The number of aromatic nitrogens is 2.